The van der Waals surface area contributed by atoms with Gasteiger partial charge in [-0.2, -0.15) is 11.8 Å². The predicted molar refractivity (Wildman–Crippen MR) is 87.9 cm³/mol. The molecule has 0 bridgehead atoms. The van der Waals surface area contributed by atoms with Gasteiger partial charge >= 0.3 is 0 Å². The van der Waals surface area contributed by atoms with E-state index in [1.165, 1.54) is 11.1 Å². The SMILES string of the molecule is CSC(C)(C)CNCC(O)COc1cc(C)cc(C)c1. The second-order valence-electron chi connectivity index (χ2n) is 5.88. The van der Waals surface area contributed by atoms with E-state index in [2.05, 4.69) is 31.5 Å². The van der Waals surface area contributed by atoms with Gasteiger partial charge in [0.25, 0.3) is 0 Å². The van der Waals surface area contributed by atoms with Crippen molar-refractivity contribution in [3.63, 3.8) is 0 Å². The van der Waals surface area contributed by atoms with Crippen molar-refractivity contribution in [3.05, 3.63) is 29.3 Å². The van der Waals surface area contributed by atoms with Gasteiger partial charge in [-0.15, -0.1) is 0 Å². The number of hydrogen-bond acceptors (Lipinski definition) is 4. The van der Waals surface area contributed by atoms with Gasteiger partial charge < -0.3 is 15.2 Å². The van der Waals surface area contributed by atoms with Gasteiger partial charge in [0, 0.05) is 17.8 Å². The first-order valence-corrected chi connectivity index (χ1v) is 8.20. The molecule has 0 fully saturated rings. The van der Waals surface area contributed by atoms with Crippen LogP contribution in [-0.2, 0) is 0 Å². The van der Waals surface area contributed by atoms with E-state index in [0.29, 0.717) is 13.2 Å². The summed E-state index contributed by atoms with van der Waals surface area (Å²) in [5, 5.41) is 13.2. The summed E-state index contributed by atoms with van der Waals surface area (Å²) in [7, 11) is 0. The van der Waals surface area contributed by atoms with Crippen LogP contribution in [0.1, 0.15) is 25.0 Å². The van der Waals surface area contributed by atoms with Crippen molar-refractivity contribution < 1.29 is 9.84 Å². The molecule has 20 heavy (non-hydrogen) atoms. The number of aliphatic hydroxyl groups excluding tert-OH is 1. The number of thioether (sulfide) groups is 1. The molecule has 2 N–H and O–H groups in total. The van der Waals surface area contributed by atoms with E-state index in [0.717, 1.165) is 12.3 Å². The van der Waals surface area contributed by atoms with E-state index in [9.17, 15) is 5.11 Å². The van der Waals surface area contributed by atoms with Crippen LogP contribution in [0.5, 0.6) is 5.75 Å². The van der Waals surface area contributed by atoms with Crippen LogP contribution in [0.2, 0.25) is 0 Å². The van der Waals surface area contributed by atoms with Crippen LogP contribution in [-0.4, -0.2) is 41.9 Å². The van der Waals surface area contributed by atoms with E-state index in [1.54, 1.807) is 0 Å². The molecule has 1 aromatic rings. The van der Waals surface area contributed by atoms with E-state index >= 15 is 0 Å². The third kappa shape index (κ3) is 6.64. The molecule has 0 amide bonds. The third-order valence-electron chi connectivity index (χ3n) is 3.12. The van der Waals surface area contributed by atoms with E-state index in [4.69, 9.17) is 4.74 Å². The Kier molecular flexibility index (Phi) is 6.86. The Labute approximate surface area is 127 Å². The Balaban J connectivity index is 2.31. The van der Waals surface area contributed by atoms with Gasteiger partial charge in [-0.1, -0.05) is 6.07 Å². The molecule has 1 atom stereocenters. The van der Waals surface area contributed by atoms with Gasteiger partial charge in [-0.05, 0) is 57.2 Å². The third-order valence-corrected chi connectivity index (χ3v) is 4.37. The molecule has 0 aromatic heterocycles. The van der Waals surface area contributed by atoms with Crippen LogP contribution < -0.4 is 10.1 Å². The quantitative estimate of drug-likeness (QED) is 0.774. The Hall–Kier alpha value is -0.710. The summed E-state index contributed by atoms with van der Waals surface area (Å²) in [5.41, 5.74) is 2.35. The molecule has 3 nitrogen and oxygen atoms in total. The second-order valence-corrected chi connectivity index (χ2v) is 7.40. The number of aliphatic hydroxyl groups is 1. The molecule has 1 rings (SSSR count). The fraction of sp³-hybridized carbons (Fsp3) is 0.625. The number of benzene rings is 1. The van der Waals surface area contributed by atoms with Gasteiger partial charge in [0.1, 0.15) is 18.5 Å². The zero-order valence-corrected chi connectivity index (χ0v) is 14.0. The van der Waals surface area contributed by atoms with E-state index in [-0.39, 0.29) is 4.75 Å². The van der Waals surface area contributed by atoms with Crippen LogP contribution in [0.15, 0.2) is 18.2 Å². The molecule has 0 spiro atoms. The monoisotopic (exact) mass is 297 g/mol. The molecule has 0 saturated heterocycles. The average Bonchev–Trinajstić information content (AvgIpc) is 2.35. The van der Waals surface area contributed by atoms with E-state index < -0.39 is 6.10 Å². The number of rotatable bonds is 8. The normalized spacial score (nSPS) is 13.3. The number of hydrogen-bond donors (Lipinski definition) is 2. The van der Waals surface area contributed by atoms with Gasteiger partial charge in [-0.25, -0.2) is 0 Å². The Morgan fingerprint density at radius 3 is 2.40 bits per heavy atom. The molecule has 114 valence electrons. The Morgan fingerprint density at radius 1 is 1.25 bits per heavy atom. The molecule has 0 aliphatic heterocycles. The van der Waals surface area contributed by atoms with Crippen molar-refractivity contribution in [1.82, 2.24) is 5.32 Å². The van der Waals surface area contributed by atoms with Crippen molar-refractivity contribution in [2.24, 2.45) is 0 Å². The molecule has 4 heteroatoms. The minimum Gasteiger partial charge on any atom is -0.491 e. The van der Waals surface area contributed by atoms with Crippen LogP contribution in [0.4, 0.5) is 0 Å². The van der Waals surface area contributed by atoms with Crippen molar-refractivity contribution in [3.8, 4) is 5.75 Å². The lowest BCUT2D eigenvalue weighted by molar-refractivity contribution is 0.106. The Morgan fingerprint density at radius 2 is 1.85 bits per heavy atom. The van der Waals surface area contributed by atoms with Crippen LogP contribution in [0, 0.1) is 13.8 Å². The fourth-order valence-electron chi connectivity index (χ4n) is 1.88. The predicted octanol–water partition coefficient (Wildman–Crippen LogP) is 2.77. The Bertz CT molecular complexity index is 401. The van der Waals surface area contributed by atoms with Crippen molar-refractivity contribution in [1.29, 1.82) is 0 Å². The lowest BCUT2D eigenvalue weighted by atomic mass is 10.1. The number of ether oxygens (including phenoxy) is 1. The largest absolute Gasteiger partial charge is 0.491 e. The topological polar surface area (TPSA) is 41.5 Å². The summed E-state index contributed by atoms with van der Waals surface area (Å²) >= 11 is 1.82. The lowest BCUT2D eigenvalue weighted by Crippen LogP contribution is -2.38. The minimum absolute atomic E-state index is 0.189. The number of aryl methyl sites for hydroxylation is 2. The standard InChI is InChI=1S/C16H27NO2S/c1-12-6-13(2)8-15(7-12)19-10-14(18)9-17-11-16(3,4)20-5/h6-8,14,17-18H,9-11H2,1-5H3. The first-order chi connectivity index (χ1) is 9.32. The molecule has 0 saturated carbocycles. The molecule has 1 aromatic carbocycles. The maximum Gasteiger partial charge on any atom is 0.119 e. The highest BCUT2D eigenvalue weighted by atomic mass is 32.2. The van der Waals surface area contributed by atoms with Crippen molar-refractivity contribution in [2.75, 3.05) is 26.0 Å². The summed E-state index contributed by atoms with van der Waals surface area (Å²) in [6.07, 6.45) is 1.61. The van der Waals surface area contributed by atoms with Gasteiger partial charge in [0.15, 0.2) is 0 Å². The smallest absolute Gasteiger partial charge is 0.119 e. The molecular formula is C16H27NO2S. The van der Waals surface area contributed by atoms with Crippen LogP contribution in [0.3, 0.4) is 0 Å². The van der Waals surface area contributed by atoms with Gasteiger partial charge in [-0.3, -0.25) is 0 Å². The molecule has 0 aliphatic rings. The van der Waals surface area contributed by atoms with Crippen LogP contribution in [0.25, 0.3) is 0 Å². The van der Waals surface area contributed by atoms with Crippen LogP contribution >= 0.6 is 11.8 Å². The van der Waals surface area contributed by atoms with Gasteiger partial charge in [0.05, 0.1) is 0 Å². The summed E-state index contributed by atoms with van der Waals surface area (Å²) < 4.78 is 5.83. The summed E-state index contributed by atoms with van der Waals surface area (Å²) in [6.45, 7) is 10.2. The first kappa shape index (κ1) is 17.3. The first-order valence-electron chi connectivity index (χ1n) is 6.97. The highest BCUT2D eigenvalue weighted by Crippen LogP contribution is 2.19. The highest BCUT2D eigenvalue weighted by molar-refractivity contribution is 7.99. The molecule has 0 heterocycles. The molecule has 1 unspecified atom stereocenters. The summed E-state index contributed by atoms with van der Waals surface area (Å²) in [4.78, 5) is 0. The molecule has 0 radical (unpaired) electrons. The maximum absolute atomic E-state index is 9.92. The fourth-order valence-corrected chi connectivity index (χ4v) is 2.13. The zero-order chi connectivity index (χ0) is 15.2. The summed E-state index contributed by atoms with van der Waals surface area (Å²) in [5.74, 6) is 0.825. The maximum atomic E-state index is 9.92. The lowest BCUT2D eigenvalue weighted by Gasteiger charge is -2.23. The van der Waals surface area contributed by atoms with E-state index in [1.807, 2.05) is 37.7 Å². The average molecular weight is 297 g/mol. The second kappa shape index (κ2) is 7.91. The van der Waals surface area contributed by atoms with Crippen molar-refractivity contribution >= 4 is 11.8 Å². The zero-order valence-electron chi connectivity index (χ0n) is 13.2. The molecular weight excluding hydrogens is 270 g/mol. The summed E-state index contributed by atoms with van der Waals surface area (Å²) in [6, 6.07) is 6.09. The molecule has 0 aliphatic carbocycles. The minimum atomic E-state index is -0.492. The van der Waals surface area contributed by atoms with Gasteiger partial charge in [0.2, 0.25) is 0 Å². The van der Waals surface area contributed by atoms with Crippen molar-refractivity contribution in [2.45, 2.75) is 38.5 Å². The highest BCUT2D eigenvalue weighted by Gasteiger charge is 2.16. The number of nitrogens with one attached hydrogen (secondary N) is 1.